The minimum atomic E-state index is -0.428. The maximum Gasteiger partial charge on any atom is 0.308 e. The van der Waals surface area contributed by atoms with E-state index in [-0.39, 0.29) is 18.4 Å². The Bertz CT molecular complexity index is 980. The first kappa shape index (κ1) is 23.3. The summed E-state index contributed by atoms with van der Waals surface area (Å²) in [6.07, 6.45) is 1.64. The molecule has 32 heavy (non-hydrogen) atoms. The Labute approximate surface area is 188 Å². The molecule has 1 aliphatic heterocycles. The van der Waals surface area contributed by atoms with E-state index < -0.39 is 5.97 Å². The summed E-state index contributed by atoms with van der Waals surface area (Å²) >= 11 is 0. The SMILES string of the molecule is CC(=O)Oc1cccc(C(=O)NCC2CCN(C(=O)COc3cccc(C)c3C)CC2)c1. The molecule has 0 unspecified atom stereocenters. The first-order chi connectivity index (χ1) is 15.3. The van der Waals surface area contributed by atoms with Crippen molar-refractivity contribution in [2.75, 3.05) is 26.2 Å². The fraction of sp³-hybridized carbons (Fsp3) is 0.400. The van der Waals surface area contributed by atoms with E-state index in [4.69, 9.17) is 9.47 Å². The van der Waals surface area contributed by atoms with Crippen molar-refractivity contribution in [3.8, 4) is 11.5 Å². The van der Waals surface area contributed by atoms with Crippen molar-refractivity contribution in [2.45, 2.75) is 33.6 Å². The molecule has 1 aliphatic rings. The first-order valence-corrected chi connectivity index (χ1v) is 10.9. The van der Waals surface area contributed by atoms with E-state index in [1.54, 1.807) is 24.3 Å². The molecule has 0 aliphatic carbocycles. The van der Waals surface area contributed by atoms with Crippen molar-refractivity contribution in [3.05, 3.63) is 59.2 Å². The molecule has 0 aromatic heterocycles. The summed E-state index contributed by atoms with van der Waals surface area (Å²) in [6, 6.07) is 12.4. The number of esters is 1. The summed E-state index contributed by atoms with van der Waals surface area (Å²) in [6.45, 7) is 7.20. The van der Waals surface area contributed by atoms with E-state index in [0.717, 1.165) is 29.7 Å². The molecule has 170 valence electrons. The van der Waals surface area contributed by atoms with Gasteiger partial charge in [-0.1, -0.05) is 18.2 Å². The number of nitrogens with one attached hydrogen (secondary N) is 1. The molecule has 0 bridgehead atoms. The van der Waals surface area contributed by atoms with Crippen LogP contribution in [-0.2, 0) is 9.59 Å². The second kappa shape index (κ2) is 10.8. The minimum absolute atomic E-state index is 0.0179. The summed E-state index contributed by atoms with van der Waals surface area (Å²) in [4.78, 5) is 37.9. The molecule has 2 amide bonds. The van der Waals surface area contributed by atoms with Crippen LogP contribution in [0.2, 0.25) is 0 Å². The fourth-order valence-electron chi connectivity index (χ4n) is 3.70. The largest absolute Gasteiger partial charge is 0.483 e. The predicted octanol–water partition coefficient (Wildman–Crippen LogP) is 3.28. The number of carbonyl (C=O) groups excluding carboxylic acids is 3. The van der Waals surface area contributed by atoms with Crippen molar-refractivity contribution in [1.82, 2.24) is 10.2 Å². The van der Waals surface area contributed by atoms with E-state index in [1.807, 2.05) is 36.9 Å². The van der Waals surface area contributed by atoms with Crippen LogP contribution in [-0.4, -0.2) is 48.9 Å². The van der Waals surface area contributed by atoms with Gasteiger partial charge in [0.2, 0.25) is 0 Å². The quantitative estimate of drug-likeness (QED) is 0.530. The Kier molecular flexibility index (Phi) is 7.87. The zero-order chi connectivity index (χ0) is 23.1. The van der Waals surface area contributed by atoms with Crippen LogP contribution in [0.15, 0.2) is 42.5 Å². The Morgan fingerprint density at radius 1 is 1.06 bits per heavy atom. The molecule has 1 fully saturated rings. The highest BCUT2D eigenvalue weighted by Gasteiger charge is 2.23. The lowest BCUT2D eigenvalue weighted by molar-refractivity contribution is -0.135. The van der Waals surface area contributed by atoms with Crippen LogP contribution in [0.5, 0.6) is 11.5 Å². The highest BCUT2D eigenvalue weighted by atomic mass is 16.5. The van der Waals surface area contributed by atoms with Gasteiger partial charge in [0, 0.05) is 32.1 Å². The van der Waals surface area contributed by atoms with Crippen molar-refractivity contribution < 1.29 is 23.9 Å². The lowest BCUT2D eigenvalue weighted by Crippen LogP contribution is -2.43. The van der Waals surface area contributed by atoms with Gasteiger partial charge in [0.15, 0.2) is 6.61 Å². The molecule has 0 saturated carbocycles. The highest BCUT2D eigenvalue weighted by Crippen LogP contribution is 2.21. The molecule has 7 heteroatoms. The molecule has 0 spiro atoms. The lowest BCUT2D eigenvalue weighted by atomic mass is 9.96. The van der Waals surface area contributed by atoms with Gasteiger partial charge in [-0.3, -0.25) is 14.4 Å². The molecule has 0 atom stereocenters. The zero-order valence-corrected chi connectivity index (χ0v) is 18.8. The van der Waals surface area contributed by atoms with Gasteiger partial charge in [-0.2, -0.15) is 0 Å². The Morgan fingerprint density at radius 2 is 1.78 bits per heavy atom. The molecule has 7 nitrogen and oxygen atoms in total. The van der Waals surface area contributed by atoms with Crippen LogP contribution >= 0.6 is 0 Å². The molecule has 1 heterocycles. The average molecular weight is 439 g/mol. The van der Waals surface area contributed by atoms with Gasteiger partial charge in [0.25, 0.3) is 11.8 Å². The van der Waals surface area contributed by atoms with E-state index in [9.17, 15) is 14.4 Å². The molecule has 0 radical (unpaired) electrons. The third kappa shape index (κ3) is 6.33. The van der Waals surface area contributed by atoms with Crippen LogP contribution in [0.25, 0.3) is 0 Å². The van der Waals surface area contributed by atoms with E-state index in [2.05, 4.69) is 5.32 Å². The maximum atomic E-state index is 12.5. The maximum absolute atomic E-state index is 12.5. The standard InChI is InChI=1S/C25H30N2O5/c1-17-6-4-9-23(18(17)2)31-16-24(29)27-12-10-20(11-13-27)15-26-25(30)21-7-5-8-22(14-21)32-19(3)28/h4-9,14,20H,10-13,15-16H2,1-3H3,(H,26,30). The number of amides is 2. The second-order valence-corrected chi connectivity index (χ2v) is 8.14. The van der Waals surface area contributed by atoms with Crippen molar-refractivity contribution >= 4 is 17.8 Å². The Morgan fingerprint density at radius 3 is 2.50 bits per heavy atom. The third-order valence-electron chi connectivity index (χ3n) is 5.78. The number of rotatable bonds is 7. The van der Waals surface area contributed by atoms with Crippen molar-refractivity contribution in [1.29, 1.82) is 0 Å². The van der Waals surface area contributed by atoms with Gasteiger partial charge in [-0.05, 0) is 68.0 Å². The van der Waals surface area contributed by atoms with Gasteiger partial charge in [-0.15, -0.1) is 0 Å². The average Bonchev–Trinajstić information content (AvgIpc) is 2.78. The number of nitrogens with zero attached hydrogens (tertiary/aromatic N) is 1. The van der Waals surface area contributed by atoms with E-state index >= 15 is 0 Å². The predicted molar refractivity (Wildman–Crippen MR) is 121 cm³/mol. The fourth-order valence-corrected chi connectivity index (χ4v) is 3.70. The lowest BCUT2D eigenvalue weighted by Gasteiger charge is -2.32. The normalized spacial score (nSPS) is 14.0. The van der Waals surface area contributed by atoms with Crippen LogP contribution in [0.1, 0.15) is 41.3 Å². The number of likely N-dealkylation sites (tertiary alicyclic amines) is 1. The summed E-state index contributed by atoms with van der Waals surface area (Å²) in [5.41, 5.74) is 2.63. The zero-order valence-electron chi connectivity index (χ0n) is 18.8. The van der Waals surface area contributed by atoms with Gasteiger partial charge >= 0.3 is 5.97 Å². The number of aryl methyl sites for hydroxylation is 1. The Hall–Kier alpha value is -3.35. The summed E-state index contributed by atoms with van der Waals surface area (Å²) in [5, 5.41) is 2.94. The van der Waals surface area contributed by atoms with Gasteiger partial charge < -0.3 is 19.7 Å². The van der Waals surface area contributed by atoms with Crippen molar-refractivity contribution in [2.24, 2.45) is 5.92 Å². The Balaban J connectivity index is 1.42. The minimum Gasteiger partial charge on any atom is -0.483 e. The molecule has 2 aromatic carbocycles. The molecule has 1 saturated heterocycles. The molecule has 1 N–H and O–H groups in total. The summed E-state index contributed by atoms with van der Waals surface area (Å²) < 4.78 is 10.8. The molecular weight excluding hydrogens is 408 g/mol. The van der Waals surface area contributed by atoms with Crippen LogP contribution < -0.4 is 14.8 Å². The number of hydrogen-bond acceptors (Lipinski definition) is 5. The monoisotopic (exact) mass is 438 g/mol. The number of ether oxygens (including phenoxy) is 2. The number of piperidine rings is 1. The van der Waals surface area contributed by atoms with Crippen molar-refractivity contribution in [3.63, 3.8) is 0 Å². The second-order valence-electron chi connectivity index (χ2n) is 8.14. The smallest absolute Gasteiger partial charge is 0.308 e. The van der Waals surface area contributed by atoms with Crippen LogP contribution in [0.4, 0.5) is 0 Å². The summed E-state index contributed by atoms with van der Waals surface area (Å²) in [5.74, 6) is 0.742. The van der Waals surface area contributed by atoms with E-state index in [0.29, 0.717) is 36.9 Å². The summed E-state index contributed by atoms with van der Waals surface area (Å²) in [7, 11) is 0. The molecule has 3 rings (SSSR count). The highest BCUT2D eigenvalue weighted by molar-refractivity contribution is 5.94. The first-order valence-electron chi connectivity index (χ1n) is 10.9. The topological polar surface area (TPSA) is 84.9 Å². The van der Waals surface area contributed by atoms with Gasteiger partial charge in [0.05, 0.1) is 0 Å². The molecular formula is C25H30N2O5. The van der Waals surface area contributed by atoms with Crippen LogP contribution in [0.3, 0.4) is 0 Å². The molecule has 2 aromatic rings. The van der Waals surface area contributed by atoms with Gasteiger partial charge in [0.1, 0.15) is 11.5 Å². The number of benzene rings is 2. The number of carbonyl (C=O) groups is 3. The van der Waals surface area contributed by atoms with Gasteiger partial charge in [-0.25, -0.2) is 0 Å². The number of hydrogen-bond donors (Lipinski definition) is 1. The van der Waals surface area contributed by atoms with E-state index in [1.165, 1.54) is 6.92 Å². The van der Waals surface area contributed by atoms with Crippen LogP contribution in [0, 0.1) is 19.8 Å². The third-order valence-corrected chi connectivity index (χ3v) is 5.78.